The first-order chi connectivity index (χ1) is 13.3. The summed E-state index contributed by atoms with van der Waals surface area (Å²) in [5.41, 5.74) is 2.51. The number of carbonyl (C=O) groups is 1. The second kappa shape index (κ2) is 8.53. The largest absolute Gasteiger partial charge is 0.492 e. The van der Waals surface area contributed by atoms with Crippen LogP contribution in [0.25, 0.3) is 10.6 Å². The molecule has 0 unspecified atom stereocenters. The Morgan fingerprint density at radius 1 is 1.14 bits per heavy atom. The van der Waals surface area contributed by atoms with Crippen LogP contribution in [0.4, 0.5) is 0 Å². The number of thiazole rings is 1. The van der Waals surface area contributed by atoms with Crippen LogP contribution in [0.1, 0.15) is 16.1 Å². The average molecular weight is 417 g/mol. The summed E-state index contributed by atoms with van der Waals surface area (Å²) >= 11 is 1.43. The molecular weight excluding hydrogens is 396 g/mol. The Hall–Kier alpha value is -2.71. The summed E-state index contributed by atoms with van der Waals surface area (Å²) in [5.74, 6) is 0.282. The summed E-state index contributed by atoms with van der Waals surface area (Å²) in [6.07, 6.45) is 1.15. The monoisotopic (exact) mass is 416 g/mol. The standard InChI is InChI=1S/C20H20N2O4S2/c1-14-5-3-4-6-17(14)20-22-18(13-27-20)19(23)21-11-12-26-15-7-9-16(10-8-15)28(2,24)25/h3-10,13H,11-12H2,1-2H3,(H,21,23). The van der Waals surface area contributed by atoms with Crippen LogP contribution in [0.2, 0.25) is 0 Å². The van der Waals surface area contributed by atoms with Crippen LogP contribution in [0, 0.1) is 6.92 Å². The molecular formula is C20H20N2O4S2. The fraction of sp³-hybridized carbons (Fsp3) is 0.200. The first kappa shape index (κ1) is 20.0. The average Bonchev–Trinajstić information content (AvgIpc) is 3.15. The van der Waals surface area contributed by atoms with Crippen molar-refractivity contribution < 1.29 is 17.9 Å². The van der Waals surface area contributed by atoms with Crippen molar-refractivity contribution in [3.05, 3.63) is 65.2 Å². The van der Waals surface area contributed by atoms with Gasteiger partial charge in [-0.2, -0.15) is 0 Å². The van der Waals surface area contributed by atoms with Crippen LogP contribution in [0.5, 0.6) is 5.75 Å². The van der Waals surface area contributed by atoms with Gasteiger partial charge in [0.1, 0.15) is 23.1 Å². The maximum absolute atomic E-state index is 12.3. The smallest absolute Gasteiger partial charge is 0.270 e. The third kappa shape index (κ3) is 4.96. The summed E-state index contributed by atoms with van der Waals surface area (Å²) in [7, 11) is -3.23. The number of aryl methyl sites for hydroxylation is 1. The molecule has 0 fully saturated rings. The molecule has 0 atom stereocenters. The predicted octanol–water partition coefficient (Wildman–Crippen LogP) is 3.33. The van der Waals surface area contributed by atoms with E-state index >= 15 is 0 Å². The van der Waals surface area contributed by atoms with Crippen LogP contribution < -0.4 is 10.1 Å². The summed E-state index contributed by atoms with van der Waals surface area (Å²) in [4.78, 5) is 16.9. The molecule has 0 bridgehead atoms. The van der Waals surface area contributed by atoms with Gasteiger partial charge in [-0.3, -0.25) is 4.79 Å². The van der Waals surface area contributed by atoms with Crippen molar-refractivity contribution >= 4 is 27.1 Å². The van der Waals surface area contributed by atoms with E-state index < -0.39 is 9.84 Å². The number of aromatic nitrogens is 1. The van der Waals surface area contributed by atoms with Gasteiger partial charge in [0, 0.05) is 17.2 Å². The summed E-state index contributed by atoms with van der Waals surface area (Å²) < 4.78 is 28.4. The highest BCUT2D eigenvalue weighted by molar-refractivity contribution is 7.90. The fourth-order valence-corrected chi connectivity index (χ4v) is 4.04. The van der Waals surface area contributed by atoms with E-state index in [9.17, 15) is 13.2 Å². The highest BCUT2D eigenvalue weighted by Gasteiger charge is 2.12. The van der Waals surface area contributed by atoms with E-state index in [-0.39, 0.29) is 17.4 Å². The lowest BCUT2D eigenvalue weighted by atomic mass is 10.1. The number of benzene rings is 2. The SMILES string of the molecule is Cc1ccccc1-c1nc(C(=O)NCCOc2ccc(S(C)(=O)=O)cc2)cs1. The Morgan fingerprint density at radius 2 is 1.86 bits per heavy atom. The number of ether oxygens (including phenoxy) is 1. The maximum Gasteiger partial charge on any atom is 0.270 e. The normalized spacial score (nSPS) is 11.2. The third-order valence-electron chi connectivity index (χ3n) is 4.02. The first-order valence-electron chi connectivity index (χ1n) is 8.57. The first-order valence-corrected chi connectivity index (χ1v) is 11.3. The van der Waals surface area contributed by atoms with Crippen molar-refractivity contribution in [2.24, 2.45) is 0 Å². The Labute approximate surface area is 168 Å². The van der Waals surface area contributed by atoms with Gasteiger partial charge in [0.15, 0.2) is 9.84 Å². The van der Waals surface area contributed by atoms with E-state index in [4.69, 9.17) is 4.74 Å². The number of hydrogen-bond acceptors (Lipinski definition) is 6. The number of rotatable bonds is 7. The molecule has 3 rings (SSSR count). The molecule has 1 N–H and O–H groups in total. The molecule has 1 aromatic heterocycles. The Kier molecular flexibility index (Phi) is 6.11. The third-order valence-corrected chi connectivity index (χ3v) is 6.02. The zero-order valence-corrected chi connectivity index (χ0v) is 17.1. The maximum atomic E-state index is 12.3. The molecule has 0 saturated heterocycles. The number of nitrogens with zero attached hydrogens (tertiary/aromatic N) is 1. The molecule has 146 valence electrons. The molecule has 0 saturated carbocycles. The van der Waals surface area contributed by atoms with Crippen molar-refractivity contribution in [3.8, 4) is 16.3 Å². The minimum atomic E-state index is -3.23. The van der Waals surface area contributed by atoms with Gasteiger partial charge in [-0.05, 0) is 36.8 Å². The lowest BCUT2D eigenvalue weighted by molar-refractivity contribution is 0.0942. The number of hydrogen-bond donors (Lipinski definition) is 1. The zero-order valence-electron chi connectivity index (χ0n) is 15.5. The molecule has 8 heteroatoms. The van der Waals surface area contributed by atoms with E-state index in [2.05, 4.69) is 10.3 Å². The lowest BCUT2D eigenvalue weighted by Crippen LogP contribution is -2.28. The summed E-state index contributed by atoms with van der Waals surface area (Å²) in [5, 5.41) is 5.32. The van der Waals surface area contributed by atoms with Crippen molar-refractivity contribution in [3.63, 3.8) is 0 Å². The van der Waals surface area contributed by atoms with Gasteiger partial charge >= 0.3 is 0 Å². The topological polar surface area (TPSA) is 85.4 Å². The second-order valence-electron chi connectivity index (χ2n) is 6.20. The van der Waals surface area contributed by atoms with E-state index in [1.807, 2.05) is 31.2 Å². The molecule has 2 aromatic carbocycles. The van der Waals surface area contributed by atoms with E-state index in [1.54, 1.807) is 17.5 Å². The van der Waals surface area contributed by atoms with Crippen LogP contribution in [0.15, 0.2) is 58.8 Å². The van der Waals surface area contributed by atoms with Gasteiger partial charge in [0.2, 0.25) is 0 Å². The Bertz CT molecular complexity index is 1070. The van der Waals surface area contributed by atoms with Gasteiger partial charge in [0.05, 0.1) is 11.4 Å². The molecule has 3 aromatic rings. The van der Waals surface area contributed by atoms with Gasteiger partial charge in [-0.1, -0.05) is 24.3 Å². The molecule has 1 heterocycles. The zero-order chi connectivity index (χ0) is 20.1. The van der Waals surface area contributed by atoms with Crippen molar-refractivity contribution in [1.29, 1.82) is 0 Å². The van der Waals surface area contributed by atoms with Gasteiger partial charge < -0.3 is 10.1 Å². The highest BCUT2D eigenvalue weighted by Crippen LogP contribution is 2.26. The number of sulfone groups is 1. The number of amides is 1. The van der Waals surface area contributed by atoms with Crippen LogP contribution in [0.3, 0.4) is 0 Å². The van der Waals surface area contributed by atoms with Crippen LogP contribution in [-0.4, -0.2) is 38.7 Å². The van der Waals surface area contributed by atoms with Crippen molar-refractivity contribution in [1.82, 2.24) is 10.3 Å². The van der Waals surface area contributed by atoms with Crippen LogP contribution >= 0.6 is 11.3 Å². The van der Waals surface area contributed by atoms with Crippen molar-refractivity contribution in [2.75, 3.05) is 19.4 Å². The van der Waals surface area contributed by atoms with E-state index in [0.717, 1.165) is 22.4 Å². The molecule has 0 spiro atoms. The Balaban J connectivity index is 1.51. The van der Waals surface area contributed by atoms with Gasteiger partial charge in [-0.15, -0.1) is 11.3 Å². The minimum Gasteiger partial charge on any atom is -0.492 e. The summed E-state index contributed by atoms with van der Waals surface area (Å²) in [6, 6.07) is 14.1. The van der Waals surface area contributed by atoms with Crippen LogP contribution in [-0.2, 0) is 9.84 Å². The number of carbonyl (C=O) groups excluding carboxylic acids is 1. The van der Waals surface area contributed by atoms with E-state index in [0.29, 0.717) is 18.0 Å². The highest BCUT2D eigenvalue weighted by atomic mass is 32.2. The predicted molar refractivity (Wildman–Crippen MR) is 110 cm³/mol. The molecule has 6 nitrogen and oxygen atoms in total. The molecule has 0 aliphatic carbocycles. The molecule has 1 amide bonds. The Morgan fingerprint density at radius 3 is 2.54 bits per heavy atom. The quantitative estimate of drug-likeness (QED) is 0.597. The number of nitrogens with one attached hydrogen (secondary N) is 1. The lowest BCUT2D eigenvalue weighted by Gasteiger charge is -2.07. The van der Waals surface area contributed by atoms with Crippen molar-refractivity contribution in [2.45, 2.75) is 11.8 Å². The van der Waals surface area contributed by atoms with E-state index in [1.165, 1.54) is 23.5 Å². The summed E-state index contributed by atoms with van der Waals surface area (Å²) in [6.45, 7) is 2.58. The molecule has 0 aliphatic rings. The van der Waals surface area contributed by atoms with Gasteiger partial charge in [0.25, 0.3) is 5.91 Å². The van der Waals surface area contributed by atoms with Gasteiger partial charge in [-0.25, -0.2) is 13.4 Å². The second-order valence-corrected chi connectivity index (χ2v) is 9.07. The minimum absolute atomic E-state index is 0.237. The molecule has 0 radical (unpaired) electrons. The molecule has 0 aliphatic heterocycles. The molecule has 28 heavy (non-hydrogen) atoms. The fourth-order valence-electron chi connectivity index (χ4n) is 2.52.